The number of hydrogen-bond acceptors (Lipinski definition) is 5. The molecular formula is C18H18BrNO4S. The van der Waals surface area contributed by atoms with Gasteiger partial charge in [-0.25, -0.2) is 0 Å². The summed E-state index contributed by atoms with van der Waals surface area (Å²) in [5, 5.41) is 12.2. The Labute approximate surface area is 158 Å². The Hall–Kier alpha value is -1.70. The van der Waals surface area contributed by atoms with Crippen LogP contribution >= 0.6 is 27.7 Å². The number of carboxylic acids is 1. The highest BCUT2D eigenvalue weighted by Crippen LogP contribution is 2.35. The first kappa shape index (κ1) is 18.1. The molecule has 132 valence electrons. The molecule has 1 aliphatic rings. The minimum atomic E-state index is -0.819. The fraction of sp³-hybridized carbons (Fsp3) is 0.278. The van der Waals surface area contributed by atoms with Crippen LogP contribution in [0.3, 0.4) is 0 Å². The van der Waals surface area contributed by atoms with Gasteiger partial charge >= 0.3 is 5.97 Å². The van der Waals surface area contributed by atoms with Crippen LogP contribution in [0.1, 0.15) is 16.5 Å². The number of nitrogens with one attached hydrogen (secondary N) is 1. The third kappa shape index (κ3) is 4.29. The zero-order chi connectivity index (χ0) is 17.8. The zero-order valence-corrected chi connectivity index (χ0v) is 16.0. The third-order valence-corrected chi connectivity index (χ3v) is 5.83. The number of carbonyl (C=O) groups is 1. The largest absolute Gasteiger partial charge is 0.496 e. The van der Waals surface area contributed by atoms with Crippen LogP contribution in [-0.4, -0.2) is 30.0 Å². The number of rotatable bonds is 6. The zero-order valence-electron chi connectivity index (χ0n) is 13.6. The monoisotopic (exact) mass is 423 g/mol. The fourth-order valence-corrected chi connectivity index (χ4v) is 4.22. The first-order chi connectivity index (χ1) is 12.1. The van der Waals surface area contributed by atoms with Gasteiger partial charge in [-0.15, -0.1) is 11.8 Å². The molecule has 25 heavy (non-hydrogen) atoms. The maximum atomic E-state index is 11.1. The fourth-order valence-electron chi connectivity index (χ4n) is 2.60. The molecule has 2 aromatic rings. The maximum absolute atomic E-state index is 11.1. The molecule has 0 radical (unpaired) electrons. The molecule has 1 heterocycles. The second-order valence-corrected chi connectivity index (χ2v) is 7.55. The molecule has 2 atom stereocenters. The van der Waals surface area contributed by atoms with Gasteiger partial charge in [-0.1, -0.05) is 18.2 Å². The number of thioether (sulfide) groups is 1. The lowest BCUT2D eigenvalue weighted by Gasteiger charge is -2.16. The van der Waals surface area contributed by atoms with Gasteiger partial charge in [0.25, 0.3) is 0 Å². The van der Waals surface area contributed by atoms with Crippen LogP contribution in [0.5, 0.6) is 11.5 Å². The van der Waals surface area contributed by atoms with Gasteiger partial charge in [0.15, 0.2) is 0 Å². The molecule has 1 fully saturated rings. The lowest BCUT2D eigenvalue weighted by molar-refractivity contribution is -0.138. The van der Waals surface area contributed by atoms with Gasteiger partial charge in [-0.3, -0.25) is 10.1 Å². The number of ether oxygens (including phenoxy) is 2. The average Bonchev–Trinajstić information content (AvgIpc) is 3.11. The van der Waals surface area contributed by atoms with E-state index in [4.69, 9.17) is 14.6 Å². The summed E-state index contributed by atoms with van der Waals surface area (Å²) in [6.07, 6.45) is 0. The minimum absolute atomic E-state index is 0.0470. The molecule has 0 spiro atoms. The van der Waals surface area contributed by atoms with E-state index in [9.17, 15) is 4.79 Å². The Kier molecular flexibility index (Phi) is 5.88. The van der Waals surface area contributed by atoms with Gasteiger partial charge in [0.1, 0.15) is 24.1 Å². The number of benzene rings is 2. The summed E-state index contributed by atoms with van der Waals surface area (Å²) in [7, 11) is 1.62. The Balaban J connectivity index is 1.76. The van der Waals surface area contributed by atoms with E-state index in [0.717, 1.165) is 27.1 Å². The molecule has 5 nitrogen and oxygen atoms in total. The van der Waals surface area contributed by atoms with Crippen molar-refractivity contribution in [3.63, 3.8) is 0 Å². The number of aliphatic carboxylic acids is 1. The summed E-state index contributed by atoms with van der Waals surface area (Å²) in [5.41, 5.74) is 1.93. The van der Waals surface area contributed by atoms with Crippen LogP contribution in [0.2, 0.25) is 0 Å². The molecule has 2 N–H and O–H groups in total. The first-order valence-electron chi connectivity index (χ1n) is 7.73. The van der Waals surface area contributed by atoms with E-state index in [1.807, 2.05) is 42.5 Å². The summed E-state index contributed by atoms with van der Waals surface area (Å²) in [6, 6.07) is 13.0. The molecule has 3 rings (SSSR count). The highest BCUT2D eigenvalue weighted by molar-refractivity contribution is 9.10. The van der Waals surface area contributed by atoms with E-state index >= 15 is 0 Å². The van der Waals surface area contributed by atoms with Crippen molar-refractivity contribution >= 4 is 33.7 Å². The van der Waals surface area contributed by atoms with Crippen LogP contribution in [0, 0.1) is 0 Å². The molecule has 0 aliphatic carbocycles. The van der Waals surface area contributed by atoms with Crippen molar-refractivity contribution in [1.29, 1.82) is 0 Å². The molecule has 0 saturated carbocycles. The van der Waals surface area contributed by atoms with Gasteiger partial charge in [-0.2, -0.15) is 0 Å². The molecule has 1 aliphatic heterocycles. The predicted molar refractivity (Wildman–Crippen MR) is 101 cm³/mol. The van der Waals surface area contributed by atoms with E-state index in [2.05, 4.69) is 21.2 Å². The van der Waals surface area contributed by atoms with Crippen LogP contribution in [0.15, 0.2) is 46.9 Å². The van der Waals surface area contributed by atoms with Gasteiger partial charge in [-0.05, 0) is 45.8 Å². The quantitative estimate of drug-likeness (QED) is 0.735. The van der Waals surface area contributed by atoms with Crippen molar-refractivity contribution in [3.8, 4) is 11.5 Å². The van der Waals surface area contributed by atoms with Crippen molar-refractivity contribution < 1.29 is 19.4 Å². The Morgan fingerprint density at radius 2 is 2.12 bits per heavy atom. The van der Waals surface area contributed by atoms with Gasteiger partial charge in [0.05, 0.1) is 17.0 Å². The van der Waals surface area contributed by atoms with E-state index in [1.54, 1.807) is 18.9 Å². The maximum Gasteiger partial charge on any atom is 0.321 e. The molecule has 2 aromatic carbocycles. The average molecular weight is 424 g/mol. The van der Waals surface area contributed by atoms with Crippen molar-refractivity contribution in [2.75, 3.05) is 12.9 Å². The van der Waals surface area contributed by atoms with Crippen LogP contribution in [-0.2, 0) is 11.4 Å². The summed E-state index contributed by atoms with van der Waals surface area (Å²) in [6.45, 7) is 0.360. The van der Waals surface area contributed by atoms with E-state index in [-0.39, 0.29) is 5.37 Å². The molecule has 1 saturated heterocycles. The van der Waals surface area contributed by atoms with Gasteiger partial charge in [0, 0.05) is 11.3 Å². The van der Waals surface area contributed by atoms with Gasteiger partial charge in [0.2, 0.25) is 0 Å². The normalized spacial score (nSPS) is 19.6. The minimum Gasteiger partial charge on any atom is -0.496 e. The number of halogens is 1. The van der Waals surface area contributed by atoms with Crippen LogP contribution in [0.25, 0.3) is 0 Å². The second-order valence-electron chi connectivity index (χ2n) is 5.56. The summed E-state index contributed by atoms with van der Waals surface area (Å²) >= 11 is 5.06. The SMILES string of the molecule is COc1ccc([C@H]2N[C@@H](C(=O)O)CS2)cc1COc1ccccc1Br. The topological polar surface area (TPSA) is 67.8 Å². The predicted octanol–water partition coefficient (Wildman–Crippen LogP) is 3.82. The number of hydrogen-bond donors (Lipinski definition) is 2. The van der Waals surface area contributed by atoms with E-state index in [1.165, 1.54) is 0 Å². The van der Waals surface area contributed by atoms with Crippen LogP contribution < -0.4 is 14.8 Å². The van der Waals surface area contributed by atoms with Crippen molar-refractivity contribution in [3.05, 3.63) is 58.1 Å². The Morgan fingerprint density at radius 1 is 1.32 bits per heavy atom. The molecular weight excluding hydrogens is 406 g/mol. The molecule has 0 aromatic heterocycles. The number of methoxy groups -OCH3 is 1. The second kappa shape index (κ2) is 8.12. The van der Waals surface area contributed by atoms with E-state index < -0.39 is 12.0 Å². The molecule has 0 unspecified atom stereocenters. The number of carboxylic acid groups (broad SMARTS) is 1. The highest BCUT2D eigenvalue weighted by atomic mass is 79.9. The lowest BCUT2D eigenvalue weighted by atomic mass is 10.1. The van der Waals surface area contributed by atoms with Crippen molar-refractivity contribution in [2.24, 2.45) is 0 Å². The van der Waals surface area contributed by atoms with Crippen LogP contribution in [0.4, 0.5) is 0 Å². The Morgan fingerprint density at radius 3 is 2.80 bits per heavy atom. The summed E-state index contributed by atoms with van der Waals surface area (Å²) in [4.78, 5) is 11.1. The standard InChI is InChI=1S/C18H18BrNO4S/c1-23-15-7-6-11(17-20-14(10-25-17)18(21)22)8-12(15)9-24-16-5-3-2-4-13(16)19/h2-8,14,17,20H,9-10H2,1H3,(H,21,22)/t14-,17+/m1/s1. The number of para-hydroxylation sites is 1. The molecule has 0 amide bonds. The molecule has 0 bridgehead atoms. The molecule has 7 heteroatoms. The van der Waals surface area contributed by atoms with Crippen molar-refractivity contribution in [2.45, 2.75) is 18.0 Å². The first-order valence-corrected chi connectivity index (χ1v) is 9.57. The Bertz CT molecular complexity index is 770. The van der Waals surface area contributed by atoms with Crippen molar-refractivity contribution in [1.82, 2.24) is 5.32 Å². The van der Waals surface area contributed by atoms with E-state index in [0.29, 0.717) is 12.4 Å². The summed E-state index contributed by atoms with van der Waals surface area (Å²) < 4.78 is 12.2. The third-order valence-electron chi connectivity index (χ3n) is 3.91. The summed E-state index contributed by atoms with van der Waals surface area (Å²) in [5.74, 6) is 1.23. The van der Waals surface area contributed by atoms with Gasteiger partial charge < -0.3 is 14.6 Å². The smallest absolute Gasteiger partial charge is 0.321 e. The lowest BCUT2D eigenvalue weighted by Crippen LogP contribution is -2.33. The highest BCUT2D eigenvalue weighted by Gasteiger charge is 2.30.